The fraction of sp³-hybridized carbons (Fsp3) is 0.643. The summed E-state index contributed by atoms with van der Waals surface area (Å²) >= 11 is 0. The Morgan fingerprint density at radius 1 is 1.36 bits per heavy atom. The Morgan fingerprint density at radius 3 is 2.95 bits per heavy atom. The van der Waals surface area contributed by atoms with Gasteiger partial charge in [0.15, 0.2) is 6.29 Å². The Labute approximate surface area is 126 Å². The van der Waals surface area contributed by atoms with Crippen LogP contribution in [0.4, 0.5) is 0 Å². The van der Waals surface area contributed by atoms with Gasteiger partial charge in [-0.1, -0.05) is 0 Å². The molecule has 0 radical (unpaired) electrons. The van der Waals surface area contributed by atoms with Crippen LogP contribution < -0.4 is 5.56 Å². The van der Waals surface area contributed by atoms with Crippen LogP contribution in [0, 0.1) is 0 Å². The first-order valence-corrected chi connectivity index (χ1v) is 7.14. The van der Waals surface area contributed by atoms with Gasteiger partial charge in [-0.3, -0.25) is 4.79 Å². The van der Waals surface area contributed by atoms with Crippen LogP contribution in [-0.2, 0) is 18.9 Å². The van der Waals surface area contributed by atoms with Crippen LogP contribution in [0.5, 0.6) is 0 Å². The molecule has 3 rings (SSSR count). The third-order valence-corrected chi connectivity index (χ3v) is 3.92. The van der Waals surface area contributed by atoms with Crippen molar-refractivity contribution in [3.8, 4) is 0 Å². The second-order valence-electron chi connectivity index (χ2n) is 5.32. The molecule has 2 fully saturated rings. The summed E-state index contributed by atoms with van der Waals surface area (Å²) in [5.74, 6) is -0.745. The number of carbonyl (C=O) groups excluding carboxylic acids is 1. The fourth-order valence-corrected chi connectivity index (χ4v) is 2.79. The lowest BCUT2D eigenvalue weighted by atomic mass is 10.0. The van der Waals surface area contributed by atoms with Crippen LogP contribution in [0.2, 0.25) is 0 Å². The summed E-state index contributed by atoms with van der Waals surface area (Å²) in [6.07, 6.45) is 3.03. The minimum Gasteiger partial charge on any atom is -0.464 e. The molecule has 8 heteroatoms. The van der Waals surface area contributed by atoms with Crippen molar-refractivity contribution in [1.82, 2.24) is 9.55 Å². The molecule has 0 saturated carbocycles. The van der Waals surface area contributed by atoms with Crippen molar-refractivity contribution < 1.29 is 23.7 Å². The molecule has 0 spiro atoms. The highest BCUT2D eigenvalue weighted by atomic mass is 16.7. The van der Waals surface area contributed by atoms with E-state index >= 15 is 0 Å². The summed E-state index contributed by atoms with van der Waals surface area (Å²) in [5.41, 5.74) is -0.713. The van der Waals surface area contributed by atoms with Crippen molar-refractivity contribution >= 4 is 5.97 Å². The lowest BCUT2D eigenvalue weighted by molar-refractivity contribution is -0.272. The largest absolute Gasteiger partial charge is 0.464 e. The normalized spacial score (nSPS) is 31.4. The highest BCUT2D eigenvalue weighted by Crippen LogP contribution is 2.29. The predicted molar refractivity (Wildman–Crippen MR) is 73.5 cm³/mol. The van der Waals surface area contributed by atoms with E-state index in [0.717, 1.165) is 0 Å². The zero-order valence-corrected chi connectivity index (χ0v) is 12.4. The predicted octanol–water partition coefficient (Wildman–Crippen LogP) is 0.121. The second-order valence-corrected chi connectivity index (χ2v) is 5.32. The van der Waals surface area contributed by atoms with Crippen molar-refractivity contribution in [3.05, 3.63) is 28.4 Å². The molecule has 1 unspecified atom stereocenters. The van der Waals surface area contributed by atoms with Gasteiger partial charge in [-0.2, -0.15) is 0 Å². The first kappa shape index (κ1) is 15.1. The topological polar surface area (TPSA) is 88.9 Å². The number of hydrogen-bond acceptors (Lipinski definition) is 7. The molecule has 1 aromatic heterocycles. The van der Waals surface area contributed by atoms with Gasteiger partial charge in [0.1, 0.15) is 6.10 Å². The van der Waals surface area contributed by atoms with E-state index in [1.165, 1.54) is 17.9 Å². The summed E-state index contributed by atoms with van der Waals surface area (Å²) in [6.45, 7) is 2.66. The van der Waals surface area contributed by atoms with Crippen LogP contribution in [0.15, 0.2) is 17.2 Å². The van der Waals surface area contributed by atoms with Gasteiger partial charge < -0.3 is 23.5 Å². The quantitative estimate of drug-likeness (QED) is 0.717. The first-order valence-electron chi connectivity index (χ1n) is 7.14. The maximum atomic E-state index is 12.4. The van der Waals surface area contributed by atoms with Gasteiger partial charge in [-0.15, -0.1) is 0 Å². The molecule has 1 aromatic rings. The minimum absolute atomic E-state index is 0.120. The molecule has 2 aliphatic heterocycles. The van der Waals surface area contributed by atoms with E-state index in [0.29, 0.717) is 19.6 Å². The Balaban J connectivity index is 1.83. The smallest absolute Gasteiger partial charge is 0.362 e. The van der Waals surface area contributed by atoms with E-state index < -0.39 is 11.5 Å². The van der Waals surface area contributed by atoms with E-state index in [1.54, 1.807) is 6.20 Å². The Morgan fingerprint density at radius 2 is 2.18 bits per heavy atom. The number of fused-ring (bicyclic) bond motifs is 1. The fourth-order valence-electron chi connectivity index (χ4n) is 2.79. The Kier molecular flexibility index (Phi) is 4.23. The average Bonchev–Trinajstić information content (AvgIpc) is 2.53. The highest BCUT2D eigenvalue weighted by Gasteiger charge is 2.38. The van der Waals surface area contributed by atoms with E-state index in [-0.39, 0.29) is 30.2 Å². The molecule has 0 bridgehead atoms. The summed E-state index contributed by atoms with van der Waals surface area (Å²) in [6, 6.07) is -0.217. The lowest BCUT2D eigenvalue weighted by Gasteiger charge is -2.41. The molecule has 3 heterocycles. The van der Waals surface area contributed by atoms with Crippen molar-refractivity contribution in [1.29, 1.82) is 0 Å². The first-order chi connectivity index (χ1) is 10.6. The summed E-state index contributed by atoms with van der Waals surface area (Å²) in [4.78, 5) is 27.7. The van der Waals surface area contributed by atoms with Crippen LogP contribution in [0.1, 0.15) is 29.9 Å². The molecular weight excluding hydrogens is 292 g/mol. The molecule has 0 aromatic carbocycles. The van der Waals surface area contributed by atoms with Gasteiger partial charge in [-0.05, 0) is 13.3 Å². The molecule has 4 atom stereocenters. The van der Waals surface area contributed by atoms with Gasteiger partial charge in [0.25, 0.3) is 5.56 Å². The third-order valence-electron chi connectivity index (χ3n) is 3.92. The Bertz CT molecular complexity index is 616. The Hall–Kier alpha value is -1.77. The maximum Gasteiger partial charge on any atom is 0.362 e. The maximum absolute atomic E-state index is 12.4. The van der Waals surface area contributed by atoms with Crippen molar-refractivity contribution in [2.75, 3.05) is 20.3 Å². The molecule has 0 N–H and O–H groups in total. The van der Waals surface area contributed by atoms with Crippen molar-refractivity contribution in [2.24, 2.45) is 0 Å². The molecule has 2 saturated heterocycles. The monoisotopic (exact) mass is 310 g/mol. The minimum atomic E-state index is -0.745. The summed E-state index contributed by atoms with van der Waals surface area (Å²) in [5, 5.41) is 0. The van der Waals surface area contributed by atoms with E-state index in [9.17, 15) is 9.59 Å². The number of esters is 1. The molecule has 2 aliphatic rings. The van der Waals surface area contributed by atoms with Crippen molar-refractivity contribution in [3.63, 3.8) is 0 Å². The number of ether oxygens (including phenoxy) is 4. The zero-order chi connectivity index (χ0) is 15.7. The zero-order valence-electron chi connectivity index (χ0n) is 12.4. The standard InChI is InChI=1S/C14H18N2O6/c1-8-20-7-11-10(22-8)5-9(6-21-11)16-4-3-15-12(13(16)17)14(18)19-2/h3-4,8-11H,5-7H2,1-2H3/t8?,9-,10+,11-/m1/s1. The number of hydrogen-bond donors (Lipinski definition) is 0. The van der Waals surface area contributed by atoms with Gasteiger partial charge in [0.05, 0.1) is 32.5 Å². The molecule has 22 heavy (non-hydrogen) atoms. The molecule has 0 aliphatic carbocycles. The van der Waals surface area contributed by atoms with Crippen LogP contribution in [0.25, 0.3) is 0 Å². The number of aromatic nitrogens is 2. The SMILES string of the molecule is COC(=O)c1nccn([C@H]2CO[C@@H]3COC(C)O[C@H]3C2)c1=O. The van der Waals surface area contributed by atoms with Crippen LogP contribution in [-0.4, -0.2) is 54.3 Å². The molecule has 8 nitrogen and oxygen atoms in total. The van der Waals surface area contributed by atoms with Gasteiger partial charge in [0, 0.05) is 12.4 Å². The van der Waals surface area contributed by atoms with E-state index in [2.05, 4.69) is 9.72 Å². The number of carbonyl (C=O) groups is 1. The third kappa shape index (κ3) is 2.77. The van der Waals surface area contributed by atoms with Gasteiger partial charge >= 0.3 is 5.97 Å². The lowest BCUT2D eigenvalue weighted by Crippen LogP contribution is -2.50. The number of methoxy groups -OCH3 is 1. The molecule has 120 valence electrons. The molecular formula is C14H18N2O6. The van der Waals surface area contributed by atoms with Gasteiger partial charge in [-0.25, -0.2) is 9.78 Å². The van der Waals surface area contributed by atoms with E-state index in [1.807, 2.05) is 6.92 Å². The number of nitrogens with zero attached hydrogens (tertiary/aromatic N) is 2. The molecule has 0 amide bonds. The highest BCUT2D eigenvalue weighted by molar-refractivity contribution is 5.86. The average molecular weight is 310 g/mol. The second kappa shape index (κ2) is 6.15. The van der Waals surface area contributed by atoms with Gasteiger partial charge in [0.2, 0.25) is 5.69 Å². The van der Waals surface area contributed by atoms with Crippen LogP contribution in [0.3, 0.4) is 0 Å². The summed E-state index contributed by atoms with van der Waals surface area (Å²) in [7, 11) is 1.21. The van der Waals surface area contributed by atoms with Crippen LogP contribution >= 0.6 is 0 Å². The van der Waals surface area contributed by atoms with E-state index in [4.69, 9.17) is 14.2 Å². The number of rotatable bonds is 2. The summed E-state index contributed by atoms with van der Waals surface area (Å²) < 4.78 is 22.9. The van der Waals surface area contributed by atoms with Crippen molar-refractivity contribution in [2.45, 2.75) is 37.9 Å².